The minimum atomic E-state index is -3.37. The van der Waals surface area contributed by atoms with Crippen LogP contribution in [0.25, 0.3) is 0 Å². The first kappa shape index (κ1) is 15.4. The normalized spacial score (nSPS) is 11.5. The van der Waals surface area contributed by atoms with Crippen molar-refractivity contribution in [3.63, 3.8) is 0 Å². The van der Waals surface area contributed by atoms with Gasteiger partial charge in [-0.15, -0.1) is 0 Å². The Morgan fingerprint density at radius 2 is 1.78 bits per heavy atom. The predicted molar refractivity (Wildman–Crippen MR) is 71.5 cm³/mol. The van der Waals surface area contributed by atoms with E-state index in [0.717, 1.165) is 0 Å². The van der Waals surface area contributed by atoms with Crippen molar-refractivity contribution in [1.29, 1.82) is 0 Å². The second-order valence-corrected chi connectivity index (χ2v) is 5.97. The van der Waals surface area contributed by atoms with Gasteiger partial charge in [-0.3, -0.25) is 9.36 Å². The molecule has 0 aromatic heterocycles. The van der Waals surface area contributed by atoms with Gasteiger partial charge in [-0.05, 0) is 26.0 Å². The van der Waals surface area contributed by atoms with Crippen LogP contribution in [0, 0.1) is 0 Å². The van der Waals surface area contributed by atoms with Crippen molar-refractivity contribution >= 4 is 25.0 Å². The van der Waals surface area contributed by atoms with Gasteiger partial charge in [0.1, 0.15) is 6.16 Å². The molecule has 0 fully saturated rings. The molecule has 0 aliphatic heterocycles. The molecule has 1 aromatic carbocycles. The Hall–Kier alpha value is -0.670. The molecule has 0 saturated heterocycles. The summed E-state index contributed by atoms with van der Waals surface area (Å²) in [5.41, 5.74) is 0.332. The van der Waals surface area contributed by atoms with Crippen LogP contribution in [0.1, 0.15) is 24.2 Å². The lowest BCUT2D eigenvalue weighted by atomic mass is 10.1. The molecule has 0 aliphatic rings. The zero-order valence-corrected chi connectivity index (χ0v) is 12.0. The van der Waals surface area contributed by atoms with Gasteiger partial charge in [0.05, 0.1) is 18.2 Å². The van der Waals surface area contributed by atoms with E-state index in [1.54, 1.807) is 38.1 Å². The number of hydrogen-bond donors (Lipinski definition) is 0. The quantitative estimate of drug-likeness (QED) is 0.566. The summed E-state index contributed by atoms with van der Waals surface area (Å²) in [7, 11) is -3.37. The molecule has 0 aliphatic carbocycles. The van der Waals surface area contributed by atoms with E-state index in [0.29, 0.717) is 10.6 Å². The van der Waals surface area contributed by atoms with E-state index in [1.165, 1.54) is 0 Å². The van der Waals surface area contributed by atoms with Crippen molar-refractivity contribution in [3.05, 3.63) is 34.9 Å². The van der Waals surface area contributed by atoms with Crippen LogP contribution in [0.4, 0.5) is 0 Å². The van der Waals surface area contributed by atoms with Crippen molar-refractivity contribution in [2.45, 2.75) is 13.8 Å². The van der Waals surface area contributed by atoms with Gasteiger partial charge in [-0.25, -0.2) is 0 Å². The zero-order chi connectivity index (χ0) is 13.6. The first-order chi connectivity index (χ1) is 8.52. The first-order valence-electron chi connectivity index (χ1n) is 5.68. The van der Waals surface area contributed by atoms with Crippen molar-refractivity contribution in [2.24, 2.45) is 0 Å². The molecule has 6 heteroatoms. The van der Waals surface area contributed by atoms with Crippen molar-refractivity contribution in [3.8, 4) is 0 Å². The summed E-state index contributed by atoms with van der Waals surface area (Å²) in [5, 5.41) is 0.335. The molecule has 0 bridgehead atoms. The second kappa shape index (κ2) is 7.05. The van der Waals surface area contributed by atoms with Crippen LogP contribution in [0.5, 0.6) is 0 Å². The van der Waals surface area contributed by atoms with Gasteiger partial charge >= 0.3 is 7.60 Å². The molecular weight excluding hydrogens is 275 g/mol. The molecule has 0 N–H and O–H groups in total. The highest BCUT2D eigenvalue weighted by Gasteiger charge is 2.28. The van der Waals surface area contributed by atoms with Crippen LogP contribution in [0.2, 0.25) is 5.02 Å². The van der Waals surface area contributed by atoms with E-state index in [1.807, 2.05) is 0 Å². The minimum absolute atomic E-state index is 0.229. The maximum absolute atomic E-state index is 12.2. The molecular formula is C12H16ClO4P. The lowest BCUT2D eigenvalue weighted by molar-refractivity contribution is 0.100. The summed E-state index contributed by atoms with van der Waals surface area (Å²) in [4.78, 5) is 12.0. The van der Waals surface area contributed by atoms with Crippen LogP contribution < -0.4 is 0 Å². The Bertz CT molecular complexity index is 451. The molecule has 18 heavy (non-hydrogen) atoms. The Labute approximate surface area is 112 Å². The number of rotatable bonds is 7. The fourth-order valence-electron chi connectivity index (χ4n) is 1.47. The lowest BCUT2D eigenvalue weighted by Gasteiger charge is -2.16. The highest BCUT2D eigenvalue weighted by molar-refractivity contribution is 7.55. The molecule has 100 valence electrons. The summed E-state index contributed by atoms with van der Waals surface area (Å²) in [5.74, 6) is -0.342. The summed E-state index contributed by atoms with van der Waals surface area (Å²) >= 11 is 5.91. The largest absolute Gasteiger partial charge is 0.338 e. The fraction of sp³-hybridized carbons (Fsp3) is 0.417. The molecule has 1 rings (SSSR count). The highest BCUT2D eigenvalue weighted by Crippen LogP contribution is 2.48. The van der Waals surface area contributed by atoms with E-state index >= 15 is 0 Å². The van der Waals surface area contributed by atoms with E-state index in [4.69, 9.17) is 20.6 Å². The Kier molecular flexibility index (Phi) is 6.03. The molecule has 0 radical (unpaired) electrons. The topological polar surface area (TPSA) is 52.6 Å². The standard InChI is InChI=1S/C12H16ClO4P/c1-3-16-18(15,17-4-2)9-12(14)10-7-5-6-8-11(10)13/h5-8H,3-4,9H2,1-2H3. The number of benzene rings is 1. The summed E-state index contributed by atoms with van der Waals surface area (Å²) in [6.07, 6.45) is -0.293. The Balaban J connectivity index is 2.85. The molecule has 1 aromatic rings. The lowest BCUT2D eigenvalue weighted by Crippen LogP contribution is -2.10. The summed E-state index contributed by atoms with van der Waals surface area (Å²) in [6.45, 7) is 3.86. The third-order valence-electron chi connectivity index (χ3n) is 2.16. The zero-order valence-electron chi connectivity index (χ0n) is 10.4. The number of carbonyl (C=O) groups is 1. The third-order valence-corrected chi connectivity index (χ3v) is 4.47. The van der Waals surface area contributed by atoms with Gasteiger partial charge in [0.15, 0.2) is 5.78 Å². The summed E-state index contributed by atoms with van der Waals surface area (Å²) in [6, 6.07) is 6.63. The van der Waals surface area contributed by atoms with Gasteiger partial charge in [0, 0.05) is 5.56 Å². The van der Waals surface area contributed by atoms with Crippen LogP contribution >= 0.6 is 19.2 Å². The number of carbonyl (C=O) groups excluding carboxylic acids is 1. The van der Waals surface area contributed by atoms with E-state index in [2.05, 4.69) is 0 Å². The predicted octanol–water partition coefficient (Wildman–Crippen LogP) is 3.79. The van der Waals surface area contributed by atoms with Gasteiger partial charge in [-0.1, -0.05) is 23.7 Å². The molecule has 0 amide bonds. The maximum Gasteiger partial charge on any atom is 0.338 e. The second-order valence-electron chi connectivity index (χ2n) is 3.51. The van der Waals surface area contributed by atoms with Crippen molar-refractivity contribution < 1.29 is 18.4 Å². The Morgan fingerprint density at radius 3 is 2.28 bits per heavy atom. The van der Waals surface area contributed by atoms with Crippen molar-refractivity contribution in [2.75, 3.05) is 19.4 Å². The SMILES string of the molecule is CCOP(=O)(CC(=O)c1ccccc1Cl)OCC. The van der Waals surface area contributed by atoms with Crippen LogP contribution in [-0.4, -0.2) is 25.2 Å². The number of halogens is 1. The first-order valence-corrected chi connectivity index (χ1v) is 7.79. The number of hydrogen-bond acceptors (Lipinski definition) is 4. The average Bonchev–Trinajstić information content (AvgIpc) is 2.29. The fourth-order valence-corrected chi connectivity index (χ4v) is 3.28. The molecule has 0 spiro atoms. The van der Waals surface area contributed by atoms with E-state index in [-0.39, 0.29) is 25.2 Å². The summed E-state index contributed by atoms with van der Waals surface area (Å²) < 4.78 is 22.3. The molecule has 0 heterocycles. The number of ketones is 1. The van der Waals surface area contributed by atoms with E-state index < -0.39 is 7.60 Å². The monoisotopic (exact) mass is 290 g/mol. The smallest absolute Gasteiger partial charge is 0.309 e. The highest BCUT2D eigenvalue weighted by atomic mass is 35.5. The molecule has 0 unspecified atom stereocenters. The minimum Gasteiger partial charge on any atom is -0.309 e. The molecule has 0 atom stereocenters. The van der Waals surface area contributed by atoms with E-state index in [9.17, 15) is 9.36 Å². The average molecular weight is 291 g/mol. The van der Waals surface area contributed by atoms with Crippen molar-refractivity contribution in [1.82, 2.24) is 0 Å². The number of Topliss-reactive ketones (excluding diaryl/α,β-unsaturated/α-hetero) is 1. The van der Waals surface area contributed by atoms with Gasteiger partial charge in [0.25, 0.3) is 0 Å². The molecule has 0 saturated carbocycles. The Morgan fingerprint density at radius 1 is 1.22 bits per heavy atom. The molecule has 4 nitrogen and oxygen atoms in total. The maximum atomic E-state index is 12.2. The van der Waals surface area contributed by atoms with Gasteiger partial charge < -0.3 is 9.05 Å². The van der Waals surface area contributed by atoms with Crippen LogP contribution in [0.3, 0.4) is 0 Å². The van der Waals surface area contributed by atoms with Crippen LogP contribution in [-0.2, 0) is 13.6 Å². The van der Waals surface area contributed by atoms with Gasteiger partial charge in [-0.2, -0.15) is 0 Å². The third kappa shape index (κ3) is 4.21. The van der Waals surface area contributed by atoms with Crippen LogP contribution in [0.15, 0.2) is 24.3 Å². The van der Waals surface area contributed by atoms with Gasteiger partial charge in [0.2, 0.25) is 0 Å².